The molecular formula is C26H27FN4O3. The van der Waals surface area contributed by atoms with E-state index in [1.807, 2.05) is 6.07 Å². The van der Waals surface area contributed by atoms with Crippen LogP contribution in [0.4, 0.5) is 4.39 Å². The van der Waals surface area contributed by atoms with Crippen molar-refractivity contribution in [3.63, 3.8) is 0 Å². The van der Waals surface area contributed by atoms with E-state index in [1.165, 1.54) is 23.1 Å². The number of nitriles is 1. The Kier molecular flexibility index (Phi) is 7.24. The summed E-state index contributed by atoms with van der Waals surface area (Å²) < 4.78 is 27.1. The third-order valence-corrected chi connectivity index (χ3v) is 6.07. The quantitative estimate of drug-likeness (QED) is 0.595. The van der Waals surface area contributed by atoms with Crippen molar-refractivity contribution < 1.29 is 13.9 Å². The minimum Gasteiger partial charge on any atom is -0.497 e. The predicted molar refractivity (Wildman–Crippen MR) is 127 cm³/mol. The van der Waals surface area contributed by atoms with E-state index in [1.54, 1.807) is 44.5 Å². The topological polar surface area (TPSA) is 89.2 Å². The van der Waals surface area contributed by atoms with Crippen molar-refractivity contribution in [2.75, 3.05) is 20.3 Å². The number of hydrogen-bond donors (Lipinski definition) is 1. The number of rotatable bonds is 6. The fourth-order valence-corrected chi connectivity index (χ4v) is 4.11. The van der Waals surface area contributed by atoms with Gasteiger partial charge in [-0.25, -0.2) is 4.39 Å². The maximum atomic E-state index is 14.5. The van der Waals surface area contributed by atoms with E-state index in [-0.39, 0.29) is 23.2 Å². The second-order valence-electron chi connectivity index (χ2n) is 8.33. The van der Waals surface area contributed by atoms with E-state index in [0.29, 0.717) is 34.7 Å². The zero-order valence-electron chi connectivity index (χ0n) is 19.3. The number of halogens is 1. The van der Waals surface area contributed by atoms with Gasteiger partial charge < -0.3 is 14.8 Å². The van der Waals surface area contributed by atoms with E-state index < -0.39 is 5.82 Å². The van der Waals surface area contributed by atoms with Gasteiger partial charge in [-0.15, -0.1) is 0 Å². The molecule has 0 aliphatic carbocycles. The molecule has 2 heterocycles. The largest absolute Gasteiger partial charge is 0.497 e. The Bertz CT molecular complexity index is 1260. The summed E-state index contributed by atoms with van der Waals surface area (Å²) in [5.74, 6) is -0.0244. The van der Waals surface area contributed by atoms with E-state index >= 15 is 0 Å². The molecule has 4 rings (SSSR count). The van der Waals surface area contributed by atoms with Gasteiger partial charge in [0.1, 0.15) is 24.2 Å². The number of aromatic nitrogens is 2. The van der Waals surface area contributed by atoms with Gasteiger partial charge in [-0.3, -0.25) is 9.36 Å². The van der Waals surface area contributed by atoms with Crippen LogP contribution in [0.25, 0.3) is 22.4 Å². The van der Waals surface area contributed by atoms with Crippen LogP contribution in [0.5, 0.6) is 11.8 Å². The molecule has 0 saturated carbocycles. The molecule has 2 aromatic carbocycles. The molecule has 1 atom stereocenters. The van der Waals surface area contributed by atoms with E-state index in [2.05, 4.69) is 10.3 Å². The summed E-state index contributed by atoms with van der Waals surface area (Å²) in [6.45, 7) is 1.32. The SMILES string of the molecule is COc1ccc(-c2c(-c3ccc(C#N)c(F)c3)nc(OCC3CCCCCN3)n(C)c2=O)cc1. The Morgan fingerprint density at radius 1 is 1.18 bits per heavy atom. The smallest absolute Gasteiger partial charge is 0.299 e. The Morgan fingerprint density at radius 2 is 1.94 bits per heavy atom. The van der Waals surface area contributed by atoms with Crippen molar-refractivity contribution in [3.05, 3.63) is 64.2 Å². The average molecular weight is 463 g/mol. The molecule has 176 valence electrons. The molecule has 1 aliphatic heterocycles. The highest BCUT2D eigenvalue weighted by molar-refractivity contribution is 5.80. The zero-order chi connectivity index (χ0) is 24.1. The first-order valence-corrected chi connectivity index (χ1v) is 11.3. The first-order valence-electron chi connectivity index (χ1n) is 11.3. The van der Waals surface area contributed by atoms with Crippen LogP contribution in [0.1, 0.15) is 31.2 Å². The lowest BCUT2D eigenvalue weighted by Crippen LogP contribution is -2.35. The Balaban J connectivity index is 1.80. The molecule has 1 aromatic heterocycles. The number of nitrogens with one attached hydrogen (secondary N) is 1. The Hall–Kier alpha value is -3.70. The molecule has 1 fully saturated rings. The van der Waals surface area contributed by atoms with Crippen LogP contribution < -0.4 is 20.3 Å². The lowest BCUT2D eigenvalue weighted by Gasteiger charge is -2.19. The van der Waals surface area contributed by atoms with Gasteiger partial charge >= 0.3 is 0 Å². The summed E-state index contributed by atoms with van der Waals surface area (Å²) in [5, 5.41) is 12.6. The van der Waals surface area contributed by atoms with Crippen LogP contribution in [-0.2, 0) is 7.05 Å². The number of hydrogen-bond acceptors (Lipinski definition) is 6. The Morgan fingerprint density at radius 3 is 2.65 bits per heavy atom. The molecular weight excluding hydrogens is 435 g/mol. The van der Waals surface area contributed by atoms with Crippen LogP contribution in [0.15, 0.2) is 47.3 Å². The molecule has 7 nitrogen and oxygen atoms in total. The molecule has 1 unspecified atom stereocenters. The zero-order valence-corrected chi connectivity index (χ0v) is 19.3. The molecule has 0 spiro atoms. The number of nitrogens with zero attached hydrogens (tertiary/aromatic N) is 3. The summed E-state index contributed by atoms with van der Waals surface area (Å²) in [4.78, 5) is 18.2. The molecule has 34 heavy (non-hydrogen) atoms. The van der Waals surface area contributed by atoms with Crippen LogP contribution in [0.2, 0.25) is 0 Å². The van der Waals surface area contributed by atoms with Crippen molar-refractivity contribution in [1.82, 2.24) is 14.9 Å². The first-order chi connectivity index (χ1) is 16.5. The van der Waals surface area contributed by atoms with Gasteiger partial charge in [0.25, 0.3) is 11.6 Å². The van der Waals surface area contributed by atoms with Crippen LogP contribution in [-0.4, -0.2) is 35.9 Å². The minimum atomic E-state index is -0.673. The van der Waals surface area contributed by atoms with Crippen LogP contribution >= 0.6 is 0 Å². The van der Waals surface area contributed by atoms with Gasteiger partial charge in [-0.2, -0.15) is 10.2 Å². The lowest BCUT2D eigenvalue weighted by molar-refractivity contribution is 0.233. The highest BCUT2D eigenvalue weighted by Crippen LogP contribution is 2.31. The molecule has 8 heteroatoms. The number of methoxy groups -OCH3 is 1. The van der Waals surface area contributed by atoms with E-state index in [4.69, 9.17) is 14.7 Å². The van der Waals surface area contributed by atoms with Crippen LogP contribution in [0, 0.1) is 17.1 Å². The summed E-state index contributed by atoms with van der Waals surface area (Å²) in [6.07, 6.45) is 4.44. The van der Waals surface area contributed by atoms with Gasteiger partial charge in [0.05, 0.1) is 23.9 Å². The summed E-state index contributed by atoms with van der Waals surface area (Å²) in [5.41, 5.74) is 1.22. The minimum absolute atomic E-state index is 0.0745. The van der Waals surface area contributed by atoms with Gasteiger partial charge in [0.15, 0.2) is 0 Å². The maximum Gasteiger partial charge on any atom is 0.299 e. The lowest BCUT2D eigenvalue weighted by atomic mass is 9.99. The Labute approximate surface area is 197 Å². The van der Waals surface area contributed by atoms with Crippen LogP contribution in [0.3, 0.4) is 0 Å². The maximum absolute atomic E-state index is 14.5. The van der Waals surface area contributed by atoms with Gasteiger partial charge in [0.2, 0.25) is 0 Å². The van der Waals surface area contributed by atoms with E-state index in [0.717, 1.165) is 25.8 Å². The number of ether oxygens (including phenoxy) is 2. The fraction of sp³-hybridized carbons (Fsp3) is 0.346. The van der Waals surface area contributed by atoms with Crippen molar-refractivity contribution in [2.24, 2.45) is 7.05 Å². The summed E-state index contributed by atoms with van der Waals surface area (Å²) in [6, 6.07) is 13.4. The van der Waals surface area contributed by atoms with Crippen molar-refractivity contribution in [3.8, 4) is 40.2 Å². The van der Waals surface area contributed by atoms with Gasteiger partial charge in [-0.05, 0) is 49.2 Å². The molecule has 0 radical (unpaired) electrons. The second-order valence-corrected chi connectivity index (χ2v) is 8.33. The van der Waals surface area contributed by atoms with Crippen molar-refractivity contribution >= 4 is 0 Å². The predicted octanol–water partition coefficient (Wildman–Crippen LogP) is 4.04. The second kappa shape index (κ2) is 10.5. The van der Waals surface area contributed by atoms with Crippen molar-refractivity contribution in [2.45, 2.75) is 31.7 Å². The van der Waals surface area contributed by atoms with Crippen molar-refractivity contribution in [1.29, 1.82) is 5.26 Å². The monoisotopic (exact) mass is 462 g/mol. The summed E-state index contributed by atoms with van der Waals surface area (Å²) >= 11 is 0. The highest BCUT2D eigenvalue weighted by atomic mass is 19.1. The molecule has 1 N–H and O–H groups in total. The third kappa shape index (κ3) is 4.95. The fourth-order valence-electron chi connectivity index (χ4n) is 4.11. The molecule has 0 bridgehead atoms. The molecule has 1 aliphatic rings. The molecule has 1 saturated heterocycles. The molecule has 0 amide bonds. The van der Waals surface area contributed by atoms with Gasteiger partial charge in [0, 0.05) is 18.7 Å². The first kappa shape index (κ1) is 23.5. The highest BCUT2D eigenvalue weighted by Gasteiger charge is 2.21. The number of benzene rings is 2. The standard InChI is InChI=1S/C26H27FN4O3/c1-31-25(32)23(17-9-11-21(33-2)12-10-17)24(18-7-8-19(15-28)22(27)14-18)30-26(31)34-16-20-6-4-3-5-13-29-20/h7-12,14,20,29H,3-6,13,16H2,1-2H3. The average Bonchev–Trinajstić information content (AvgIpc) is 3.14. The van der Waals surface area contributed by atoms with E-state index in [9.17, 15) is 9.18 Å². The summed E-state index contributed by atoms with van der Waals surface area (Å²) in [7, 11) is 3.18. The normalized spacial score (nSPS) is 15.9. The third-order valence-electron chi connectivity index (χ3n) is 6.07. The van der Waals surface area contributed by atoms with Gasteiger partial charge in [-0.1, -0.05) is 31.0 Å². The molecule has 3 aromatic rings.